The number of hydrogen-bond donors (Lipinski definition) is 1. The van der Waals surface area contributed by atoms with E-state index in [0.29, 0.717) is 10.9 Å². The summed E-state index contributed by atoms with van der Waals surface area (Å²) in [5.74, 6) is 0.529. The smallest absolute Gasteiger partial charge is 0.400 e. The Morgan fingerprint density at radius 3 is 2.43 bits per heavy atom. The van der Waals surface area contributed by atoms with Gasteiger partial charge in [0.2, 0.25) is 0 Å². The van der Waals surface area contributed by atoms with E-state index in [2.05, 4.69) is 17.6 Å². The lowest BCUT2D eigenvalue weighted by molar-refractivity contribution is 0.00578. The van der Waals surface area contributed by atoms with Crippen LogP contribution in [0.25, 0.3) is 6.08 Å². The zero-order valence-electron chi connectivity index (χ0n) is 13.1. The van der Waals surface area contributed by atoms with E-state index in [9.17, 15) is 0 Å². The van der Waals surface area contributed by atoms with Gasteiger partial charge < -0.3 is 9.31 Å². The van der Waals surface area contributed by atoms with E-state index in [4.69, 9.17) is 20.9 Å². The third-order valence-corrected chi connectivity index (χ3v) is 4.76. The number of rotatable bonds is 3. The summed E-state index contributed by atoms with van der Waals surface area (Å²) in [6, 6.07) is 1.99. The molecule has 0 aromatic carbocycles. The number of aryl methyl sites for hydroxylation is 1. The zero-order valence-corrected chi connectivity index (χ0v) is 14.8. The van der Waals surface area contributed by atoms with Gasteiger partial charge in [-0.2, -0.15) is 12.6 Å². The van der Waals surface area contributed by atoms with Gasteiger partial charge in [-0.3, -0.25) is 0 Å². The van der Waals surface area contributed by atoms with E-state index >= 15 is 0 Å². The van der Waals surface area contributed by atoms with Gasteiger partial charge in [-0.1, -0.05) is 17.7 Å². The normalized spacial score (nSPS) is 20.9. The Morgan fingerprint density at radius 2 is 1.90 bits per heavy atom. The van der Waals surface area contributed by atoms with Crippen molar-refractivity contribution in [2.75, 3.05) is 5.75 Å². The van der Waals surface area contributed by atoms with E-state index in [1.165, 1.54) is 0 Å². The van der Waals surface area contributed by atoms with Crippen LogP contribution >= 0.6 is 24.2 Å². The van der Waals surface area contributed by atoms with Crippen LogP contribution in [0.15, 0.2) is 17.7 Å². The van der Waals surface area contributed by atoms with Gasteiger partial charge in [-0.25, -0.2) is 4.98 Å². The SMILES string of the molecule is Cc1cnc(Cl)c(C=C(CS)B2OC(C)(C)C(C)(C)O2)c1. The highest BCUT2D eigenvalue weighted by molar-refractivity contribution is 7.80. The highest BCUT2D eigenvalue weighted by atomic mass is 35.5. The number of halogens is 1. The van der Waals surface area contributed by atoms with Gasteiger partial charge in [0.05, 0.1) is 11.2 Å². The summed E-state index contributed by atoms with van der Waals surface area (Å²) in [7, 11) is -0.413. The summed E-state index contributed by atoms with van der Waals surface area (Å²) >= 11 is 10.6. The minimum absolute atomic E-state index is 0.367. The first-order chi connectivity index (χ1) is 9.66. The third-order valence-electron chi connectivity index (χ3n) is 4.08. The maximum atomic E-state index is 6.15. The van der Waals surface area contributed by atoms with Crippen molar-refractivity contribution in [3.8, 4) is 0 Å². The molecule has 0 radical (unpaired) electrons. The second kappa shape index (κ2) is 5.96. The van der Waals surface area contributed by atoms with Crippen molar-refractivity contribution in [2.45, 2.75) is 45.8 Å². The van der Waals surface area contributed by atoms with Crippen LogP contribution in [0.1, 0.15) is 38.8 Å². The molecule has 0 spiro atoms. The average molecular weight is 326 g/mol. The first-order valence-corrected chi connectivity index (χ1v) is 7.96. The first-order valence-electron chi connectivity index (χ1n) is 6.95. The van der Waals surface area contributed by atoms with E-state index in [-0.39, 0.29) is 11.2 Å². The number of nitrogens with zero attached hydrogens (tertiary/aromatic N) is 1. The lowest BCUT2D eigenvalue weighted by Gasteiger charge is -2.32. The van der Waals surface area contributed by atoms with Crippen LogP contribution < -0.4 is 0 Å². The molecular weight excluding hydrogens is 305 g/mol. The Hall–Kier alpha value is -0.485. The topological polar surface area (TPSA) is 31.4 Å². The molecule has 21 heavy (non-hydrogen) atoms. The molecule has 0 atom stereocenters. The molecule has 0 unspecified atom stereocenters. The molecule has 114 valence electrons. The molecular formula is C15H21BClNO2S. The lowest BCUT2D eigenvalue weighted by Crippen LogP contribution is -2.41. The number of pyridine rings is 1. The van der Waals surface area contributed by atoms with E-state index < -0.39 is 7.12 Å². The highest BCUT2D eigenvalue weighted by Gasteiger charge is 2.52. The molecule has 3 nitrogen and oxygen atoms in total. The minimum Gasteiger partial charge on any atom is -0.400 e. The fraction of sp³-hybridized carbons (Fsp3) is 0.533. The Labute approximate surface area is 137 Å². The summed E-state index contributed by atoms with van der Waals surface area (Å²) in [5, 5.41) is 0.469. The molecule has 1 aromatic heterocycles. The number of aromatic nitrogens is 1. The molecule has 1 saturated heterocycles. The first kappa shape index (κ1) is 16.9. The van der Waals surface area contributed by atoms with Gasteiger partial charge in [0.1, 0.15) is 5.15 Å². The molecule has 6 heteroatoms. The standard InChI is InChI=1S/C15H21BClNO2S/c1-10-6-11(13(17)18-8-10)7-12(9-21)16-19-14(2,3)15(4,5)20-16/h6-8,21H,9H2,1-5H3. The molecule has 0 bridgehead atoms. The van der Waals surface area contributed by atoms with Gasteiger partial charge in [0, 0.05) is 17.5 Å². The van der Waals surface area contributed by atoms with Crippen LogP contribution in [0.4, 0.5) is 0 Å². The molecule has 1 aromatic rings. The Kier molecular flexibility index (Phi) is 4.79. The van der Waals surface area contributed by atoms with Gasteiger partial charge in [0.15, 0.2) is 0 Å². The fourth-order valence-electron chi connectivity index (χ4n) is 2.06. The molecule has 1 aliphatic heterocycles. The summed E-state index contributed by atoms with van der Waals surface area (Å²) in [6.45, 7) is 10.1. The molecule has 2 rings (SSSR count). The van der Waals surface area contributed by atoms with Gasteiger partial charge in [0.25, 0.3) is 0 Å². The summed E-state index contributed by atoms with van der Waals surface area (Å²) in [6.07, 6.45) is 3.70. The van der Waals surface area contributed by atoms with Crippen LogP contribution in [0.3, 0.4) is 0 Å². The Bertz CT molecular complexity index is 559. The maximum Gasteiger partial charge on any atom is 0.491 e. The molecule has 0 amide bonds. The number of thiol groups is 1. The molecule has 1 fully saturated rings. The van der Waals surface area contributed by atoms with Gasteiger partial charge >= 0.3 is 7.12 Å². The lowest BCUT2D eigenvalue weighted by atomic mass is 9.78. The van der Waals surface area contributed by atoms with Crippen LogP contribution in [-0.4, -0.2) is 29.1 Å². The van der Waals surface area contributed by atoms with Gasteiger partial charge in [-0.05, 0) is 51.7 Å². The average Bonchev–Trinajstić information content (AvgIpc) is 2.59. The van der Waals surface area contributed by atoms with Crippen molar-refractivity contribution in [3.05, 3.63) is 34.0 Å². The van der Waals surface area contributed by atoms with Crippen molar-refractivity contribution in [1.29, 1.82) is 0 Å². The minimum atomic E-state index is -0.413. The van der Waals surface area contributed by atoms with Crippen LogP contribution in [0.5, 0.6) is 0 Å². The zero-order chi connectivity index (χ0) is 15.8. The summed E-state index contributed by atoms with van der Waals surface area (Å²) in [5.41, 5.74) is 2.11. The van der Waals surface area contributed by atoms with Crippen molar-refractivity contribution in [2.24, 2.45) is 0 Å². The van der Waals surface area contributed by atoms with Crippen molar-refractivity contribution < 1.29 is 9.31 Å². The third kappa shape index (κ3) is 3.47. The maximum absolute atomic E-state index is 6.15. The van der Waals surface area contributed by atoms with Crippen LogP contribution in [0, 0.1) is 6.92 Å². The van der Waals surface area contributed by atoms with E-state index in [1.807, 2.05) is 46.8 Å². The number of hydrogen-bond acceptors (Lipinski definition) is 4. The summed E-state index contributed by atoms with van der Waals surface area (Å²) < 4.78 is 12.1. The highest BCUT2D eigenvalue weighted by Crippen LogP contribution is 2.39. The predicted octanol–water partition coefficient (Wildman–Crippen LogP) is 3.99. The van der Waals surface area contributed by atoms with Gasteiger partial charge in [-0.15, -0.1) is 0 Å². The molecule has 0 saturated carbocycles. The Balaban J connectivity index is 2.33. The quantitative estimate of drug-likeness (QED) is 0.518. The van der Waals surface area contributed by atoms with Crippen molar-refractivity contribution in [1.82, 2.24) is 4.98 Å². The second-order valence-electron chi connectivity index (χ2n) is 6.36. The molecule has 1 aliphatic rings. The largest absolute Gasteiger partial charge is 0.491 e. The monoisotopic (exact) mass is 325 g/mol. The molecule has 2 heterocycles. The summed E-state index contributed by atoms with van der Waals surface area (Å²) in [4.78, 5) is 4.16. The van der Waals surface area contributed by atoms with E-state index in [1.54, 1.807) is 6.20 Å². The molecule has 0 N–H and O–H groups in total. The molecule has 0 aliphatic carbocycles. The van der Waals surface area contributed by atoms with Crippen LogP contribution in [-0.2, 0) is 9.31 Å². The fourth-order valence-corrected chi connectivity index (χ4v) is 2.46. The van der Waals surface area contributed by atoms with Crippen molar-refractivity contribution >= 4 is 37.4 Å². The van der Waals surface area contributed by atoms with Crippen molar-refractivity contribution in [3.63, 3.8) is 0 Å². The van der Waals surface area contributed by atoms with Crippen LogP contribution in [0.2, 0.25) is 5.15 Å². The second-order valence-corrected chi connectivity index (χ2v) is 7.03. The Morgan fingerprint density at radius 1 is 1.33 bits per heavy atom. The van der Waals surface area contributed by atoms with E-state index in [0.717, 1.165) is 16.6 Å². The predicted molar refractivity (Wildman–Crippen MR) is 91.9 cm³/mol.